The maximum atomic E-state index is 11.8. The summed E-state index contributed by atoms with van der Waals surface area (Å²) < 4.78 is 23.2. The van der Waals surface area contributed by atoms with Gasteiger partial charge >= 0.3 is 5.97 Å². The maximum Gasteiger partial charge on any atom is 0.302 e. The Morgan fingerprint density at radius 1 is 1.10 bits per heavy atom. The number of nitrogens with one attached hydrogen (secondary N) is 1. The van der Waals surface area contributed by atoms with E-state index in [0.717, 1.165) is 51.2 Å². The average molecular weight is 536 g/mol. The summed E-state index contributed by atoms with van der Waals surface area (Å²) in [5.41, 5.74) is 6.24. The van der Waals surface area contributed by atoms with Crippen molar-refractivity contribution in [3.05, 3.63) is 64.2 Å². The number of carbonyl (C=O) groups excluding carboxylic acids is 1. The van der Waals surface area contributed by atoms with Crippen LogP contribution in [0.5, 0.6) is 28.7 Å². The molecule has 1 heterocycles. The molecule has 0 radical (unpaired) electrons. The molecule has 1 aliphatic heterocycles. The number of ether oxygens (including phenoxy) is 4. The molecular formula is C30H33NO8. The van der Waals surface area contributed by atoms with Crippen LogP contribution in [0.3, 0.4) is 0 Å². The van der Waals surface area contributed by atoms with E-state index in [-0.39, 0.29) is 30.0 Å². The second kappa shape index (κ2) is 11.0. The lowest BCUT2D eigenvalue weighted by molar-refractivity contribution is -0.141. The van der Waals surface area contributed by atoms with Crippen LogP contribution in [0.15, 0.2) is 36.4 Å². The van der Waals surface area contributed by atoms with Crippen molar-refractivity contribution >= 4 is 5.97 Å². The molecule has 9 nitrogen and oxygen atoms in total. The lowest BCUT2D eigenvalue weighted by Crippen LogP contribution is -2.20. The number of benzene rings is 3. The molecule has 0 aromatic heterocycles. The van der Waals surface area contributed by atoms with E-state index in [0.29, 0.717) is 30.9 Å². The van der Waals surface area contributed by atoms with Gasteiger partial charge in [0.25, 0.3) is 0 Å². The number of aromatic hydroxyl groups is 2. The second-order valence-corrected chi connectivity index (χ2v) is 9.71. The number of phenols is 2. The molecule has 0 saturated carbocycles. The highest BCUT2D eigenvalue weighted by Crippen LogP contribution is 2.54. The van der Waals surface area contributed by atoms with E-state index < -0.39 is 12.9 Å². The Morgan fingerprint density at radius 2 is 1.92 bits per heavy atom. The number of hydrogen-bond acceptors (Lipinski definition) is 9. The molecule has 2 atom stereocenters. The topological polar surface area (TPSA) is 127 Å². The average Bonchev–Trinajstić information content (AvgIpc) is 3.29. The molecule has 3 aromatic carbocycles. The van der Waals surface area contributed by atoms with Gasteiger partial charge in [-0.05, 0) is 54.3 Å². The summed E-state index contributed by atoms with van der Waals surface area (Å²) in [4.78, 5) is 11.8. The SMILES string of the molecule is CCNCc1cc(O)c(OC)cc1[C@H]1Oc2c(ccc3c2CCc2cc(O)cc(OCO)c2-3)[C@@H]1COC(C)=O. The Kier molecular flexibility index (Phi) is 7.54. The van der Waals surface area contributed by atoms with Crippen molar-refractivity contribution in [2.24, 2.45) is 0 Å². The molecule has 0 spiro atoms. The number of methoxy groups -OCH3 is 1. The van der Waals surface area contributed by atoms with E-state index in [1.807, 2.05) is 19.1 Å². The number of hydrogen-bond donors (Lipinski definition) is 4. The van der Waals surface area contributed by atoms with E-state index in [1.54, 1.807) is 18.2 Å². The summed E-state index contributed by atoms with van der Waals surface area (Å²) in [6.45, 7) is 4.25. The molecule has 5 rings (SSSR count). The fraction of sp³-hybridized carbons (Fsp3) is 0.367. The first-order valence-electron chi connectivity index (χ1n) is 13.0. The first kappa shape index (κ1) is 26.6. The van der Waals surface area contributed by atoms with Crippen LogP contribution in [0.25, 0.3) is 11.1 Å². The van der Waals surface area contributed by atoms with Crippen LogP contribution in [0.4, 0.5) is 0 Å². The minimum Gasteiger partial charge on any atom is -0.508 e. The summed E-state index contributed by atoms with van der Waals surface area (Å²) in [5, 5.41) is 33.5. The molecule has 0 bridgehead atoms. The summed E-state index contributed by atoms with van der Waals surface area (Å²) in [6.07, 6.45) is 0.823. The summed E-state index contributed by atoms with van der Waals surface area (Å²) in [5.74, 6) is 0.899. The third-order valence-corrected chi connectivity index (χ3v) is 7.38. The van der Waals surface area contributed by atoms with Crippen LogP contribution >= 0.6 is 0 Å². The van der Waals surface area contributed by atoms with Crippen LogP contribution in [-0.2, 0) is 28.9 Å². The molecule has 0 unspecified atom stereocenters. The number of esters is 1. The Labute approximate surface area is 226 Å². The van der Waals surface area contributed by atoms with Crippen molar-refractivity contribution in [2.75, 3.05) is 27.1 Å². The van der Waals surface area contributed by atoms with Gasteiger partial charge in [-0.2, -0.15) is 0 Å². The summed E-state index contributed by atoms with van der Waals surface area (Å²) in [6, 6.07) is 10.7. The van der Waals surface area contributed by atoms with E-state index >= 15 is 0 Å². The number of phenolic OH excluding ortho intramolecular Hbond substituents is 2. The fourth-order valence-corrected chi connectivity index (χ4v) is 5.67. The molecule has 1 aliphatic carbocycles. The van der Waals surface area contributed by atoms with Gasteiger partial charge in [0.2, 0.25) is 0 Å². The first-order valence-corrected chi connectivity index (χ1v) is 13.0. The molecule has 39 heavy (non-hydrogen) atoms. The molecular weight excluding hydrogens is 502 g/mol. The maximum absolute atomic E-state index is 11.8. The first-order chi connectivity index (χ1) is 18.9. The Hall–Kier alpha value is -3.95. The minimum atomic E-state index is -0.517. The smallest absolute Gasteiger partial charge is 0.302 e. The van der Waals surface area contributed by atoms with Crippen LogP contribution in [0.2, 0.25) is 0 Å². The minimum absolute atomic E-state index is 0.0369. The largest absolute Gasteiger partial charge is 0.508 e. The third-order valence-electron chi connectivity index (χ3n) is 7.38. The van der Waals surface area contributed by atoms with E-state index in [9.17, 15) is 20.1 Å². The van der Waals surface area contributed by atoms with Crippen LogP contribution in [-0.4, -0.2) is 48.3 Å². The number of fused-ring (bicyclic) bond motifs is 5. The fourth-order valence-electron chi connectivity index (χ4n) is 5.67. The number of aryl methyl sites for hydroxylation is 1. The highest BCUT2D eigenvalue weighted by atomic mass is 16.6. The highest BCUT2D eigenvalue weighted by Gasteiger charge is 2.41. The van der Waals surface area contributed by atoms with Gasteiger partial charge in [0.05, 0.1) is 13.0 Å². The lowest BCUT2D eigenvalue weighted by atomic mass is 9.81. The number of rotatable bonds is 9. The van der Waals surface area contributed by atoms with Gasteiger partial charge in [0.1, 0.15) is 30.0 Å². The van der Waals surface area contributed by atoms with Crippen molar-refractivity contribution < 1.29 is 39.1 Å². The van der Waals surface area contributed by atoms with E-state index in [1.165, 1.54) is 20.1 Å². The van der Waals surface area contributed by atoms with Crippen LogP contribution < -0.4 is 19.5 Å². The molecule has 3 aromatic rings. The summed E-state index contributed by atoms with van der Waals surface area (Å²) >= 11 is 0. The molecule has 0 saturated heterocycles. The van der Waals surface area contributed by atoms with Gasteiger partial charge in [-0.25, -0.2) is 0 Å². The van der Waals surface area contributed by atoms with E-state index in [2.05, 4.69) is 5.32 Å². The van der Waals surface area contributed by atoms with Crippen molar-refractivity contribution in [3.8, 4) is 39.9 Å². The molecule has 206 valence electrons. The molecule has 4 N–H and O–H groups in total. The van der Waals surface area contributed by atoms with Crippen LogP contribution in [0, 0.1) is 0 Å². The monoisotopic (exact) mass is 535 g/mol. The Bertz CT molecular complexity index is 1400. The zero-order chi connectivity index (χ0) is 27.7. The standard InChI is InChI=1S/C30H33NO8/c1-4-31-13-18-10-25(35)26(36-3)12-23(18)30-24(14-37-16(2)33)22-8-7-20-21(29(22)39-30)6-5-17-9-19(34)11-27(28(17)20)38-15-32/h7-12,24,30-32,34-35H,4-6,13-15H2,1-3H3/t24-,30+/m0/s1. The molecule has 9 heteroatoms. The lowest BCUT2D eigenvalue weighted by Gasteiger charge is -2.25. The zero-order valence-corrected chi connectivity index (χ0v) is 22.2. The van der Waals surface area contributed by atoms with Crippen LogP contribution in [0.1, 0.15) is 53.7 Å². The number of aliphatic hydroxyl groups excluding tert-OH is 1. The van der Waals surface area contributed by atoms with Gasteiger partial charge < -0.3 is 39.6 Å². The van der Waals surface area contributed by atoms with Gasteiger partial charge in [0, 0.05) is 41.8 Å². The van der Waals surface area contributed by atoms with Gasteiger partial charge in [-0.3, -0.25) is 4.79 Å². The van der Waals surface area contributed by atoms with Gasteiger partial charge in [0.15, 0.2) is 18.3 Å². The molecule has 0 amide bonds. The second-order valence-electron chi connectivity index (χ2n) is 9.71. The van der Waals surface area contributed by atoms with Crippen molar-refractivity contribution in [1.29, 1.82) is 0 Å². The quantitative estimate of drug-likeness (QED) is 0.237. The Morgan fingerprint density at radius 3 is 2.64 bits per heavy atom. The van der Waals surface area contributed by atoms with Gasteiger partial charge in [-0.15, -0.1) is 0 Å². The highest BCUT2D eigenvalue weighted by molar-refractivity contribution is 5.82. The number of aliphatic hydroxyl groups is 1. The van der Waals surface area contributed by atoms with Gasteiger partial charge in [-0.1, -0.05) is 19.1 Å². The number of carbonyl (C=O) groups is 1. The predicted molar refractivity (Wildman–Crippen MR) is 143 cm³/mol. The summed E-state index contributed by atoms with van der Waals surface area (Å²) in [7, 11) is 1.50. The predicted octanol–water partition coefficient (Wildman–Crippen LogP) is 4.09. The van der Waals surface area contributed by atoms with Crippen molar-refractivity contribution in [2.45, 2.75) is 45.3 Å². The van der Waals surface area contributed by atoms with Crippen molar-refractivity contribution in [3.63, 3.8) is 0 Å². The third kappa shape index (κ3) is 4.95. The molecule has 2 aliphatic rings. The normalized spacial score (nSPS) is 17.0. The molecule has 0 fully saturated rings. The Balaban J connectivity index is 1.64. The zero-order valence-electron chi connectivity index (χ0n) is 22.2. The van der Waals surface area contributed by atoms with E-state index in [4.69, 9.17) is 18.9 Å². The van der Waals surface area contributed by atoms with Crippen molar-refractivity contribution in [1.82, 2.24) is 5.32 Å².